The highest BCUT2D eigenvalue weighted by molar-refractivity contribution is 6.08. The highest BCUT2D eigenvalue weighted by Crippen LogP contribution is 2.33. The Balaban J connectivity index is 1.60. The highest BCUT2D eigenvalue weighted by Gasteiger charge is 2.19. The summed E-state index contributed by atoms with van der Waals surface area (Å²) in [6, 6.07) is 18.2. The molecular formula is C21H15NO6. The van der Waals surface area contributed by atoms with Crippen molar-refractivity contribution in [3.05, 3.63) is 77.9 Å². The molecule has 7 nitrogen and oxygen atoms in total. The number of carbonyl (C=O) groups is 2. The van der Waals surface area contributed by atoms with Crippen molar-refractivity contribution in [3.8, 4) is 23.0 Å². The van der Waals surface area contributed by atoms with Crippen molar-refractivity contribution >= 4 is 17.6 Å². The molecule has 2 N–H and O–H groups in total. The summed E-state index contributed by atoms with van der Waals surface area (Å²) in [5.41, 5.74) is 0.396. The van der Waals surface area contributed by atoms with Crippen LogP contribution in [0.3, 0.4) is 0 Å². The average molecular weight is 377 g/mol. The Morgan fingerprint density at radius 3 is 2.46 bits per heavy atom. The van der Waals surface area contributed by atoms with Gasteiger partial charge in [-0.25, -0.2) is 4.79 Å². The molecular weight excluding hydrogens is 362 g/mol. The van der Waals surface area contributed by atoms with Crippen LogP contribution in [0.5, 0.6) is 23.0 Å². The molecule has 28 heavy (non-hydrogen) atoms. The molecule has 3 aromatic carbocycles. The molecule has 1 aliphatic rings. The summed E-state index contributed by atoms with van der Waals surface area (Å²) in [6.45, 7) is 0.0996. The minimum absolute atomic E-state index is 0.0468. The summed E-state index contributed by atoms with van der Waals surface area (Å²) in [5, 5.41) is 12.1. The summed E-state index contributed by atoms with van der Waals surface area (Å²) in [5.74, 6) is 0.383. The lowest BCUT2D eigenvalue weighted by atomic mass is 10.1. The van der Waals surface area contributed by atoms with Gasteiger partial charge in [-0.2, -0.15) is 0 Å². The van der Waals surface area contributed by atoms with Crippen molar-refractivity contribution < 1.29 is 28.9 Å². The van der Waals surface area contributed by atoms with Crippen LogP contribution in [-0.2, 0) is 0 Å². The molecule has 0 radical (unpaired) electrons. The molecule has 0 atom stereocenters. The van der Waals surface area contributed by atoms with Crippen LogP contribution in [0, 0.1) is 0 Å². The first-order chi connectivity index (χ1) is 13.6. The van der Waals surface area contributed by atoms with Crippen LogP contribution in [0.15, 0.2) is 66.7 Å². The third-order valence-electron chi connectivity index (χ3n) is 4.08. The predicted molar refractivity (Wildman–Crippen MR) is 100 cm³/mol. The van der Waals surface area contributed by atoms with Crippen molar-refractivity contribution in [2.75, 3.05) is 12.1 Å². The molecule has 4 rings (SSSR count). The molecule has 0 spiro atoms. The lowest BCUT2D eigenvalue weighted by Crippen LogP contribution is -2.15. The van der Waals surface area contributed by atoms with Crippen molar-refractivity contribution in [2.45, 2.75) is 0 Å². The van der Waals surface area contributed by atoms with Gasteiger partial charge < -0.3 is 24.6 Å². The van der Waals surface area contributed by atoms with Crippen molar-refractivity contribution in [3.63, 3.8) is 0 Å². The van der Waals surface area contributed by atoms with Gasteiger partial charge in [-0.1, -0.05) is 18.2 Å². The van der Waals surface area contributed by atoms with Crippen LogP contribution in [0.25, 0.3) is 0 Å². The first-order valence-corrected chi connectivity index (χ1v) is 8.41. The number of anilines is 1. The minimum Gasteiger partial charge on any atom is -0.478 e. The topological polar surface area (TPSA) is 94.1 Å². The molecule has 0 fully saturated rings. The molecule has 0 aromatic heterocycles. The fraction of sp³-hybridized carbons (Fsp3) is 0.0476. The summed E-state index contributed by atoms with van der Waals surface area (Å²) in [7, 11) is 0. The largest absolute Gasteiger partial charge is 0.478 e. The van der Waals surface area contributed by atoms with Crippen LogP contribution in [0.2, 0.25) is 0 Å². The van der Waals surface area contributed by atoms with E-state index in [-0.39, 0.29) is 18.0 Å². The number of ether oxygens (including phenoxy) is 3. The maximum atomic E-state index is 12.6. The fourth-order valence-electron chi connectivity index (χ4n) is 2.73. The number of hydrogen-bond acceptors (Lipinski definition) is 5. The second kappa shape index (κ2) is 7.32. The number of benzene rings is 3. The number of amides is 1. The van der Waals surface area contributed by atoms with Gasteiger partial charge in [-0.15, -0.1) is 0 Å². The van der Waals surface area contributed by atoms with Gasteiger partial charge in [0.15, 0.2) is 11.5 Å². The quantitative estimate of drug-likeness (QED) is 0.693. The summed E-state index contributed by atoms with van der Waals surface area (Å²) in [6.07, 6.45) is 0. The molecule has 3 aromatic rings. The molecule has 1 aliphatic heterocycles. The number of fused-ring (bicyclic) bond motifs is 1. The molecule has 0 aliphatic carbocycles. The van der Waals surface area contributed by atoms with Gasteiger partial charge >= 0.3 is 5.97 Å². The SMILES string of the molecule is O=C(Nc1cc(Oc2ccccc2)ccc1C(=O)O)c1ccc2c(c1)OCO2. The van der Waals surface area contributed by atoms with Gasteiger partial charge in [0.1, 0.15) is 11.5 Å². The number of aromatic carboxylic acids is 1. The molecule has 0 bridgehead atoms. The average Bonchev–Trinajstić information content (AvgIpc) is 3.16. The van der Waals surface area contributed by atoms with Gasteiger partial charge in [0.05, 0.1) is 11.3 Å². The zero-order valence-electron chi connectivity index (χ0n) is 14.5. The third kappa shape index (κ3) is 3.59. The first kappa shape index (κ1) is 17.4. The molecule has 0 saturated carbocycles. The molecule has 1 amide bonds. The van der Waals surface area contributed by atoms with E-state index in [1.165, 1.54) is 18.2 Å². The van der Waals surface area contributed by atoms with E-state index in [4.69, 9.17) is 14.2 Å². The molecule has 0 saturated heterocycles. The van der Waals surface area contributed by atoms with E-state index in [1.54, 1.807) is 30.3 Å². The standard InChI is InChI=1S/C21H15NO6/c23-20(13-6-9-18-19(10-13)27-12-26-18)22-17-11-15(7-8-16(17)21(24)25)28-14-4-2-1-3-5-14/h1-11H,12H2,(H,22,23)(H,24,25). The van der Waals surface area contributed by atoms with Crippen LogP contribution >= 0.6 is 0 Å². The summed E-state index contributed by atoms with van der Waals surface area (Å²) in [4.78, 5) is 24.2. The second-order valence-corrected chi connectivity index (χ2v) is 5.95. The number of carboxylic acid groups (broad SMARTS) is 1. The maximum Gasteiger partial charge on any atom is 0.337 e. The fourth-order valence-corrected chi connectivity index (χ4v) is 2.73. The van der Waals surface area contributed by atoms with E-state index < -0.39 is 11.9 Å². The van der Waals surface area contributed by atoms with E-state index in [1.807, 2.05) is 18.2 Å². The number of rotatable bonds is 5. The monoisotopic (exact) mass is 377 g/mol. The van der Waals surface area contributed by atoms with Crippen molar-refractivity contribution in [1.29, 1.82) is 0 Å². The Morgan fingerprint density at radius 1 is 0.893 bits per heavy atom. The predicted octanol–water partition coefficient (Wildman–Crippen LogP) is 4.16. The molecule has 140 valence electrons. The number of carbonyl (C=O) groups excluding carboxylic acids is 1. The Morgan fingerprint density at radius 2 is 1.68 bits per heavy atom. The first-order valence-electron chi connectivity index (χ1n) is 8.41. The Hall–Kier alpha value is -4.00. The molecule has 1 heterocycles. The van der Waals surface area contributed by atoms with Crippen LogP contribution in [-0.4, -0.2) is 23.8 Å². The highest BCUT2D eigenvalue weighted by atomic mass is 16.7. The smallest absolute Gasteiger partial charge is 0.337 e. The zero-order chi connectivity index (χ0) is 19.5. The Kier molecular flexibility index (Phi) is 4.55. The van der Waals surface area contributed by atoms with E-state index in [0.29, 0.717) is 28.6 Å². The Bertz CT molecular complexity index is 1050. The molecule has 0 unspecified atom stereocenters. The normalized spacial score (nSPS) is 11.7. The van der Waals surface area contributed by atoms with E-state index in [0.717, 1.165) is 0 Å². The number of para-hydroxylation sites is 1. The van der Waals surface area contributed by atoms with Crippen molar-refractivity contribution in [2.24, 2.45) is 0 Å². The van der Waals surface area contributed by atoms with E-state index in [9.17, 15) is 14.7 Å². The van der Waals surface area contributed by atoms with Gasteiger partial charge in [0.25, 0.3) is 5.91 Å². The third-order valence-corrected chi connectivity index (χ3v) is 4.08. The van der Waals surface area contributed by atoms with Gasteiger partial charge in [-0.3, -0.25) is 4.79 Å². The zero-order valence-corrected chi connectivity index (χ0v) is 14.5. The van der Waals surface area contributed by atoms with Crippen LogP contribution in [0.4, 0.5) is 5.69 Å². The lowest BCUT2D eigenvalue weighted by Gasteiger charge is -2.12. The van der Waals surface area contributed by atoms with E-state index >= 15 is 0 Å². The minimum atomic E-state index is -1.16. The maximum absolute atomic E-state index is 12.6. The summed E-state index contributed by atoms with van der Waals surface area (Å²) >= 11 is 0. The summed E-state index contributed by atoms with van der Waals surface area (Å²) < 4.78 is 16.2. The van der Waals surface area contributed by atoms with Gasteiger partial charge in [0.2, 0.25) is 6.79 Å². The van der Waals surface area contributed by atoms with Gasteiger partial charge in [0, 0.05) is 11.6 Å². The Labute approximate surface area is 160 Å². The van der Waals surface area contributed by atoms with Crippen molar-refractivity contribution in [1.82, 2.24) is 0 Å². The number of carboxylic acids is 1. The van der Waals surface area contributed by atoms with Crippen LogP contribution in [0.1, 0.15) is 20.7 Å². The molecule has 7 heteroatoms. The van der Waals surface area contributed by atoms with Crippen LogP contribution < -0.4 is 19.5 Å². The number of hydrogen-bond donors (Lipinski definition) is 2. The van der Waals surface area contributed by atoms with E-state index in [2.05, 4.69) is 5.32 Å². The lowest BCUT2D eigenvalue weighted by molar-refractivity contribution is 0.0698. The van der Waals surface area contributed by atoms with Gasteiger partial charge in [-0.05, 0) is 42.5 Å². The number of nitrogens with one attached hydrogen (secondary N) is 1. The second-order valence-electron chi connectivity index (χ2n) is 5.95.